The number of likely N-dealkylation sites (tertiary alicyclic amines) is 1. The van der Waals surface area contributed by atoms with Crippen LogP contribution in [0.1, 0.15) is 82.9 Å². The molecule has 4 atom stereocenters. The second kappa shape index (κ2) is 10.6. The molecule has 3 N–H and O–H groups in total. The highest BCUT2D eigenvalue weighted by Gasteiger charge is 2.45. The number of aliphatic hydroxyl groups is 1. The van der Waals surface area contributed by atoms with Crippen molar-refractivity contribution in [3.63, 3.8) is 0 Å². The van der Waals surface area contributed by atoms with Gasteiger partial charge in [-0.05, 0) is 62.5 Å². The number of rotatable bonds is 8. The molecule has 2 aliphatic heterocycles. The van der Waals surface area contributed by atoms with Crippen LogP contribution in [0.15, 0.2) is 18.2 Å². The van der Waals surface area contributed by atoms with E-state index in [0.29, 0.717) is 19.5 Å². The fourth-order valence-electron chi connectivity index (χ4n) is 5.88. The van der Waals surface area contributed by atoms with Crippen molar-refractivity contribution in [1.82, 2.24) is 15.5 Å². The Labute approximate surface area is 203 Å². The number of aliphatic hydroxyl groups excluding tert-OH is 1. The van der Waals surface area contributed by atoms with Crippen LogP contribution in [0, 0.1) is 5.92 Å². The first-order valence-electron chi connectivity index (χ1n) is 13.0. The molecular formula is C27H41N3O4. The Kier molecular flexibility index (Phi) is 7.83. The van der Waals surface area contributed by atoms with E-state index in [0.717, 1.165) is 50.8 Å². The number of hydrogen-bond donors (Lipinski definition) is 3. The molecule has 1 saturated carbocycles. The molecular weight excluding hydrogens is 430 g/mol. The smallest absolute Gasteiger partial charge is 0.219 e. The van der Waals surface area contributed by atoms with Gasteiger partial charge in [0.25, 0.3) is 0 Å². The van der Waals surface area contributed by atoms with E-state index < -0.39 is 6.10 Å². The molecule has 0 radical (unpaired) electrons. The molecule has 1 unspecified atom stereocenters. The van der Waals surface area contributed by atoms with Gasteiger partial charge in [0.05, 0.1) is 12.1 Å². The summed E-state index contributed by atoms with van der Waals surface area (Å²) in [6, 6.07) is 6.24. The topological polar surface area (TPSA) is 90.9 Å². The highest BCUT2D eigenvalue weighted by atomic mass is 16.5. The molecule has 1 aromatic carbocycles. The van der Waals surface area contributed by atoms with Crippen LogP contribution in [0.25, 0.3) is 0 Å². The molecule has 0 aromatic heterocycles. The highest BCUT2D eigenvalue weighted by Crippen LogP contribution is 2.49. The third-order valence-electron chi connectivity index (χ3n) is 8.00. The van der Waals surface area contributed by atoms with Crippen LogP contribution < -0.4 is 15.4 Å². The van der Waals surface area contributed by atoms with E-state index in [1.54, 1.807) is 6.92 Å². The molecule has 7 heteroatoms. The Balaban J connectivity index is 1.43. The van der Waals surface area contributed by atoms with Crippen LogP contribution in [0.4, 0.5) is 0 Å². The summed E-state index contributed by atoms with van der Waals surface area (Å²) < 4.78 is 6.43. The number of amides is 2. The molecule has 188 valence electrons. The number of carbonyl (C=O) groups is 2. The first kappa shape index (κ1) is 25.0. The number of carbonyl (C=O) groups excluding carboxylic acids is 2. The molecule has 3 aliphatic rings. The normalized spacial score (nSPS) is 25.0. The fraction of sp³-hybridized carbons (Fsp3) is 0.704. The van der Waals surface area contributed by atoms with Crippen molar-refractivity contribution in [3.05, 3.63) is 29.3 Å². The monoisotopic (exact) mass is 471 g/mol. The van der Waals surface area contributed by atoms with Gasteiger partial charge in [-0.25, -0.2) is 0 Å². The standard InChI is InChI=1S/C27H41N3O4/c1-4-20-8-9-26-22(13-20)24(15-27(34-26)10-6-11-27)28-16-25(33)23(29-18(2)31)14-21-7-5-12-30(17-21)19(3)32/h8-9,13,21,23-25,28,33H,4-7,10-12,14-17H2,1-3H3,(H,29,31)/t21?,23-,24-,25-/m0/s1. The number of aryl methyl sites for hydroxylation is 1. The van der Waals surface area contributed by atoms with Crippen LogP contribution in [0.5, 0.6) is 5.75 Å². The van der Waals surface area contributed by atoms with Crippen LogP contribution in [-0.4, -0.2) is 59.2 Å². The van der Waals surface area contributed by atoms with Gasteiger partial charge in [0, 0.05) is 51.5 Å². The molecule has 1 spiro atoms. The molecule has 2 fully saturated rings. The summed E-state index contributed by atoms with van der Waals surface area (Å²) in [5.74, 6) is 1.19. The Hall–Kier alpha value is -2.12. The fourth-order valence-corrected chi connectivity index (χ4v) is 5.88. The second-order valence-corrected chi connectivity index (χ2v) is 10.6. The summed E-state index contributed by atoms with van der Waals surface area (Å²) in [6.07, 6.45) is 7.15. The van der Waals surface area contributed by atoms with E-state index in [9.17, 15) is 14.7 Å². The van der Waals surface area contributed by atoms with Gasteiger partial charge in [-0.15, -0.1) is 0 Å². The lowest BCUT2D eigenvalue weighted by atomic mass is 9.72. The van der Waals surface area contributed by atoms with E-state index in [4.69, 9.17) is 4.74 Å². The lowest BCUT2D eigenvalue weighted by molar-refractivity contribution is -0.131. The largest absolute Gasteiger partial charge is 0.487 e. The van der Waals surface area contributed by atoms with E-state index in [2.05, 4.69) is 35.8 Å². The van der Waals surface area contributed by atoms with E-state index in [1.165, 1.54) is 24.5 Å². The Morgan fingerprint density at radius 2 is 2.06 bits per heavy atom. The maximum Gasteiger partial charge on any atom is 0.219 e. The number of hydrogen-bond acceptors (Lipinski definition) is 5. The maximum absolute atomic E-state index is 11.9. The highest BCUT2D eigenvalue weighted by molar-refractivity contribution is 5.73. The molecule has 4 rings (SSSR count). The molecule has 1 aromatic rings. The summed E-state index contributed by atoms with van der Waals surface area (Å²) >= 11 is 0. The zero-order chi connectivity index (χ0) is 24.3. The lowest BCUT2D eigenvalue weighted by Gasteiger charge is -2.48. The van der Waals surface area contributed by atoms with Crippen molar-refractivity contribution in [1.29, 1.82) is 0 Å². The zero-order valence-electron chi connectivity index (χ0n) is 20.9. The van der Waals surface area contributed by atoms with Gasteiger partial charge in [-0.3, -0.25) is 9.59 Å². The molecule has 0 bridgehead atoms. The van der Waals surface area contributed by atoms with Crippen molar-refractivity contribution in [2.24, 2.45) is 5.92 Å². The lowest BCUT2D eigenvalue weighted by Crippen LogP contribution is -2.52. The average molecular weight is 472 g/mol. The van der Waals surface area contributed by atoms with Gasteiger partial charge < -0.3 is 25.4 Å². The van der Waals surface area contributed by atoms with Crippen LogP contribution in [0.3, 0.4) is 0 Å². The van der Waals surface area contributed by atoms with Gasteiger partial charge in [0.15, 0.2) is 0 Å². The minimum atomic E-state index is -0.713. The van der Waals surface area contributed by atoms with Crippen LogP contribution in [-0.2, 0) is 16.0 Å². The van der Waals surface area contributed by atoms with E-state index >= 15 is 0 Å². The average Bonchev–Trinajstić information content (AvgIpc) is 2.80. The van der Waals surface area contributed by atoms with Crippen molar-refractivity contribution < 1.29 is 19.4 Å². The van der Waals surface area contributed by atoms with Crippen LogP contribution >= 0.6 is 0 Å². The van der Waals surface area contributed by atoms with E-state index in [-0.39, 0.29) is 35.4 Å². The van der Waals surface area contributed by atoms with Crippen LogP contribution in [0.2, 0.25) is 0 Å². The summed E-state index contributed by atoms with van der Waals surface area (Å²) in [5, 5.41) is 17.8. The Morgan fingerprint density at radius 1 is 1.26 bits per heavy atom. The number of fused-ring (bicyclic) bond motifs is 1. The number of nitrogens with one attached hydrogen (secondary N) is 2. The van der Waals surface area contributed by atoms with Gasteiger partial charge >= 0.3 is 0 Å². The predicted octanol–water partition coefficient (Wildman–Crippen LogP) is 3.10. The van der Waals surface area contributed by atoms with Gasteiger partial charge in [-0.2, -0.15) is 0 Å². The first-order chi connectivity index (χ1) is 16.3. The Morgan fingerprint density at radius 3 is 2.71 bits per heavy atom. The SMILES string of the molecule is CCc1ccc2c(c1)[C@@H](NC[C@H](O)[C@H](CC1CCCN(C(C)=O)C1)NC(C)=O)CC1(CCC1)O2. The molecule has 7 nitrogen and oxygen atoms in total. The molecule has 1 saturated heterocycles. The summed E-state index contributed by atoms with van der Waals surface area (Å²) in [6.45, 7) is 7.15. The van der Waals surface area contributed by atoms with E-state index in [1.807, 2.05) is 4.90 Å². The third kappa shape index (κ3) is 5.74. The van der Waals surface area contributed by atoms with Gasteiger partial charge in [0.2, 0.25) is 11.8 Å². The number of piperidine rings is 1. The minimum absolute atomic E-state index is 0.0847. The second-order valence-electron chi connectivity index (χ2n) is 10.6. The summed E-state index contributed by atoms with van der Waals surface area (Å²) in [4.78, 5) is 25.6. The first-order valence-corrected chi connectivity index (χ1v) is 13.0. The van der Waals surface area contributed by atoms with Crippen molar-refractivity contribution in [3.8, 4) is 5.75 Å². The molecule has 2 heterocycles. The molecule has 2 amide bonds. The maximum atomic E-state index is 11.9. The summed E-state index contributed by atoms with van der Waals surface area (Å²) in [7, 11) is 0. The van der Waals surface area contributed by atoms with Gasteiger partial charge in [-0.1, -0.05) is 19.1 Å². The van der Waals surface area contributed by atoms with Crippen molar-refractivity contribution >= 4 is 11.8 Å². The summed E-state index contributed by atoms with van der Waals surface area (Å²) in [5.41, 5.74) is 2.37. The molecule has 34 heavy (non-hydrogen) atoms. The zero-order valence-corrected chi connectivity index (χ0v) is 20.9. The number of benzene rings is 1. The quantitative estimate of drug-likeness (QED) is 0.542. The third-order valence-corrected chi connectivity index (χ3v) is 8.00. The molecule has 1 aliphatic carbocycles. The number of nitrogens with zero attached hydrogens (tertiary/aromatic N) is 1. The predicted molar refractivity (Wildman–Crippen MR) is 132 cm³/mol. The van der Waals surface area contributed by atoms with Crippen molar-refractivity contribution in [2.75, 3.05) is 19.6 Å². The minimum Gasteiger partial charge on any atom is -0.487 e. The van der Waals surface area contributed by atoms with Gasteiger partial charge in [0.1, 0.15) is 11.4 Å². The number of ether oxygens (including phenoxy) is 1. The van der Waals surface area contributed by atoms with Crippen molar-refractivity contribution in [2.45, 2.75) is 95.9 Å². The Bertz CT molecular complexity index is 885.